The van der Waals surface area contributed by atoms with E-state index in [1.54, 1.807) is 18.4 Å². The van der Waals surface area contributed by atoms with Crippen molar-refractivity contribution >= 4 is 11.3 Å². The quantitative estimate of drug-likeness (QED) is 0.747. The molecule has 3 nitrogen and oxygen atoms in total. The third kappa shape index (κ3) is 2.25. The van der Waals surface area contributed by atoms with Gasteiger partial charge >= 0.3 is 0 Å². The fraction of sp³-hybridized carbons (Fsp3) is 0.571. The Morgan fingerprint density at radius 1 is 1.82 bits per heavy atom. The Labute approximate surface area is 70.2 Å². The molecule has 0 fully saturated rings. The van der Waals surface area contributed by atoms with Crippen LogP contribution in [0, 0.1) is 0 Å². The Kier molecular flexibility index (Phi) is 2.99. The molecular weight excluding hydrogens is 160 g/mol. The van der Waals surface area contributed by atoms with E-state index in [0.717, 1.165) is 10.7 Å². The molecule has 0 radical (unpaired) electrons. The van der Waals surface area contributed by atoms with E-state index < -0.39 is 0 Å². The summed E-state index contributed by atoms with van der Waals surface area (Å²) in [6.07, 6.45) is 0. The van der Waals surface area contributed by atoms with Crippen molar-refractivity contribution in [2.45, 2.75) is 19.6 Å². The minimum atomic E-state index is 0.0330. The maximum absolute atomic E-state index is 5.63. The number of ether oxygens (including phenoxy) is 1. The molecule has 2 N–H and O–H groups in total. The molecule has 0 bridgehead atoms. The minimum absolute atomic E-state index is 0.0330. The summed E-state index contributed by atoms with van der Waals surface area (Å²) < 4.78 is 4.92. The van der Waals surface area contributed by atoms with Gasteiger partial charge in [0.2, 0.25) is 0 Å². The fourth-order valence-electron chi connectivity index (χ4n) is 0.746. The van der Waals surface area contributed by atoms with Crippen LogP contribution in [-0.2, 0) is 11.3 Å². The summed E-state index contributed by atoms with van der Waals surface area (Å²) in [6, 6.07) is 0.0330. The predicted octanol–water partition coefficient (Wildman–Crippen LogP) is 1.31. The highest BCUT2D eigenvalue weighted by Gasteiger charge is 2.04. The normalized spacial score (nSPS) is 13.4. The highest BCUT2D eigenvalue weighted by molar-refractivity contribution is 7.09. The summed E-state index contributed by atoms with van der Waals surface area (Å²) in [6.45, 7) is 2.50. The molecule has 1 atom stereocenters. The number of rotatable bonds is 3. The Morgan fingerprint density at radius 2 is 2.55 bits per heavy atom. The lowest BCUT2D eigenvalue weighted by Crippen LogP contribution is -2.04. The Morgan fingerprint density at radius 3 is 3.00 bits per heavy atom. The van der Waals surface area contributed by atoms with Crippen molar-refractivity contribution in [2.24, 2.45) is 5.73 Å². The van der Waals surface area contributed by atoms with Crippen molar-refractivity contribution in [1.82, 2.24) is 4.98 Å². The molecule has 0 saturated heterocycles. The highest BCUT2D eigenvalue weighted by atomic mass is 32.1. The Hall–Kier alpha value is -0.450. The van der Waals surface area contributed by atoms with Gasteiger partial charge in [0, 0.05) is 12.5 Å². The number of methoxy groups -OCH3 is 1. The third-order valence-electron chi connectivity index (χ3n) is 1.25. The molecule has 0 aliphatic rings. The number of nitrogens with zero attached hydrogens (tertiary/aromatic N) is 1. The van der Waals surface area contributed by atoms with Crippen molar-refractivity contribution in [1.29, 1.82) is 0 Å². The molecule has 11 heavy (non-hydrogen) atoms. The van der Waals surface area contributed by atoms with Crippen LogP contribution in [0.4, 0.5) is 0 Å². The van der Waals surface area contributed by atoms with E-state index in [1.165, 1.54) is 0 Å². The zero-order valence-corrected chi connectivity index (χ0v) is 7.52. The monoisotopic (exact) mass is 172 g/mol. The van der Waals surface area contributed by atoms with Gasteiger partial charge in [0.15, 0.2) is 0 Å². The lowest BCUT2D eigenvalue weighted by Gasteiger charge is -1.96. The van der Waals surface area contributed by atoms with Crippen LogP contribution in [0.5, 0.6) is 0 Å². The fourth-order valence-corrected chi connectivity index (χ4v) is 1.51. The molecule has 1 rings (SSSR count). The molecule has 62 valence electrons. The van der Waals surface area contributed by atoms with E-state index in [2.05, 4.69) is 4.98 Å². The van der Waals surface area contributed by atoms with Crippen molar-refractivity contribution in [3.8, 4) is 0 Å². The second kappa shape index (κ2) is 3.80. The molecule has 1 aromatic rings. The van der Waals surface area contributed by atoms with E-state index in [1.807, 2.05) is 12.3 Å². The maximum Gasteiger partial charge on any atom is 0.109 e. The first-order valence-corrected chi connectivity index (χ1v) is 4.31. The zero-order chi connectivity index (χ0) is 8.27. The van der Waals surface area contributed by atoms with Crippen LogP contribution in [0.1, 0.15) is 23.7 Å². The number of hydrogen-bond acceptors (Lipinski definition) is 4. The molecule has 0 spiro atoms. The van der Waals surface area contributed by atoms with Gasteiger partial charge in [0.1, 0.15) is 5.01 Å². The summed E-state index contributed by atoms with van der Waals surface area (Å²) in [5.74, 6) is 0. The first kappa shape index (κ1) is 8.64. The molecule has 0 aliphatic heterocycles. The van der Waals surface area contributed by atoms with Gasteiger partial charge in [-0.25, -0.2) is 4.98 Å². The first-order valence-electron chi connectivity index (χ1n) is 3.43. The summed E-state index contributed by atoms with van der Waals surface area (Å²) in [5.41, 5.74) is 6.59. The van der Waals surface area contributed by atoms with Gasteiger partial charge in [0.05, 0.1) is 18.3 Å². The minimum Gasteiger partial charge on any atom is -0.378 e. The van der Waals surface area contributed by atoms with E-state index in [4.69, 9.17) is 10.5 Å². The van der Waals surface area contributed by atoms with E-state index in [-0.39, 0.29) is 6.04 Å². The van der Waals surface area contributed by atoms with Gasteiger partial charge in [-0.1, -0.05) is 0 Å². The number of hydrogen-bond donors (Lipinski definition) is 1. The summed E-state index contributed by atoms with van der Waals surface area (Å²) in [4.78, 5) is 4.27. The number of nitrogens with two attached hydrogens (primary N) is 1. The van der Waals surface area contributed by atoms with Crippen molar-refractivity contribution < 1.29 is 4.74 Å². The summed E-state index contributed by atoms with van der Waals surface area (Å²) >= 11 is 1.58. The highest BCUT2D eigenvalue weighted by Crippen LogP contribution is 2.15. The van der Waals surface area contributed by atoms with Gasteiger partial charge in [-0.3, -0.25) is 0 Å². The zero-order valence-electron chi connectivity index (χ0n) is 6.70. The smallest absolute Gasteiger partial charge is 0.109 e. The van der Waals surface area contributed by atoms with Crippen LogP contribution in [0.2, 0.25) is 0 Å². The van der Waals surface area contributed by atoms with Crippen LogP contribution in [-0.4, -0.2) is 12.1 Å². The first-order chi connectivity index (χ1) is 5.24. The molecule has 1 heterocycles. The Balaban J connectivity index is 2.66. The lowest BCUT2D eigenvalue weighted by molar-refractivity contribution is 0.182. The van der Waals surface area contributed by atoms with Gasteiger partial charge in [-0.05, 0) is 6.92 Å². The van der Waals surface area contributed by atoms with Crippen molar-refractivity contribution in [3.63, 3.8) is 0 Å². The molecule has 4 heteroatoms. The lowest BCUT2D eigenvalue weighted by atomic mass is 10.4. The van der Waals surface area contributed by atoms with Crippen LogP contribution < -0.4 is 5.73 Å². The second-order valence-corrected chi connectivity index (χ2v) is 3.29. The van der Waals surface area contributed by atoms with Crippen molar-refractivity contribution in [2.75, 3.05) is 7.11 Å². The standard InChI is InChI=1S/C7H12N2OS/c1-5(8)7-9-6(3-10-2)4-11-7/h4-5H,3,8H2,1-2H3. The SMILES string of the molecule is COCc1csc(C(C)N)n1. The molecule has 1 aromatic heterocycles. The third-order valence-corrected chi connectivity index (χ3v) is 2.35. The summed E-state index contributed by atoms with van der Waals surface area (Å²) in [5, 5.41) is 2.94. The molecule has 0 saturated carbocycles. The van der Waals surface area contributed by atoms with Gasteiger partial charge < -0.3 is 10.5 Å². The number of aromatic nitrogens is 1. The topological polar surface area (TPSA) is 48.1 Å². The number of thiazole rings is 1. The average Bonchev–Trinajstić information content (AvgIpc) is 2.37. The Bertz CT molecular complexity index is 222. The van der Waals surface area contributed by atoms with Crippen LogP contribution in [0.3, 0.4) is 0 Å². The maximum atomic E-state index is 5.63. The van der Waals surface area contributed by atoms with Gasteiger partial charge in [-0.15, -0.1) is 11.3 Å². The largest absolute Gasteiger partial charge is 0.378 e. The van der Waals surface area contributed by atoms with E-state index in [0.29, 0.717) is 6.61 Å². The molecule has 1 unspecified atom stereocenters. The second-order valence-electron chi connectivity index (χ2n) is 2.40. The van der Waals surface area contributed by atoms with Gasteiger partial charge in [-0.2, -0.15) is 0 Å². The summed E-state index contributed by atoms with van der Waals surface area (Å²) in [7, 11) is 1.66. The van der Waals surface area contributed by atoms with E-state index >= 15 is 0 Å². The molecular formula is C7H12N2OS. The van der Waals surface area contributed by atoms with Crippen LogP contribution in [0.15, 0.2) is 5.38 Å². The van der Waals surface area contributed by atoms with E-state index in [9.17, 15) is 0 Å². The molecule has 0 amide bonds. The molecule has 0 aliphatic carbocycles. The van der Waals surface area contributed by atoms with Crippen molar-refractivity contribution in [3.05, 3.63) is 16.1 Å². The predicted molar refractivity (Wildman–Crippen MR) is 45.4 cm³/mol. The average molecular weight is 172 g/mol. The van der Waals surface area contributed by atoms with Crippen LogP contribution in [0.25, 0.3) is 0 Å². The van der Waals surface area contributed by atoms with Gasteiger partial charge in [0.25, 0.3) is 0 Å². The van der Waals surface area contributed by atoms with Crippen LogP contribution >= 0.6 is 11.3 Å². The molecule has 0 aromatic carbocycles.